The maximum atomic E-state index is 12.1. The van der Waals surface area contributed by atoms with Crippen LogP contribution in [0.2, 0.25) is 0 Å². The van der Waals surface area contributed by atoms with Gasteiger partial charge in [-0.2, -0.15) is 0 Å². The average Bonchev–Trinajstić information content (AvgIpc) is 2.51. The first-order valence-electron chi connectivity index (χ1n) is 8.11. The third kappa shape index (κ3) is 3.16. The monoisotopic (exact) mass is 314 g/mol. The normalized spacial score (nSPS) is 14.6. The van der Waals surface area contributed by atoms with E-state index in [4.69, 9.17) is 9.15 Å². The van der Waals surface area contributed by atoms with Crippen molar-refractivity contribution in [3.63, 3.8) is 0 Å². The molecule has 0 aliphatic heterocycles. The first kappa shape index (κ1) is 15.8. The number of aryl methyl sites for hydroxylation is 1. The van der Waals surface area contributed by atoms with Crippen LogP contribution in [0.3, 0.4) is 0 Å². The summed E-state index contributed by atoms with van der Waals surface area (Å²) < 4.78 is 11.0. The van der Waals surface area contributed by atoms with Crippen molar-refractivity contribution in [3.05, 3.63) is 39.7 Å². The van der Waals surface area contributed by atoms with E-state index in [1.807, 2.05) is 32.9 Å². The van der Waals surface area contributed by atoms with Crippen molar-refractivity contribution in [3.8, 4) is 5.75 Å². The molecule has 0 radical (unpaired) electrons. The summed E-state index contributed by atoms with van der Waals surface area (Å²) in [6.45, 7) is 5.61. The third-order valence-electron chi connectivity index (χ3n) is 4.40. The molecule has 0 saturated heterocycles. The molecule has 1 aliphatic rings. The number of rotatable bonds is 3. The Hall–Kier alpha value is -2.10. The van der Waals surface area contributed by atoms with E-state index >= 15 is 0 Å². The van der Waals surface area contributed by atoms with Crippen molar-refractivity contribution in [1.82, 2.24) is 0 Å². The molecule has 0 N–H and O–H groups in total. The Morgan fingerprint density at radius 3 is 2.57 bits per heavy atom. The number of ether oxygens (including phenoxy) is 1. The lowest BCUT2D eigenvalue weighted by Crippen LogP contribution is -2.26. The zero-order chi connectivity index (χ0) is 16.6. The highest BCUT2D eigenvalue weighted by molar-refractivity contribution is 5.85. The van der Waals surface area contributed by atoms with E-state index in [0.29, 0.717) is 11.3 Å². The molecule has 3 rings (SSSR count). The van der Waals surface area contributed by atoms with Crippen molar-refractivity contribution >= 4 is 16.8 Å². The Morgan fingerprint density at radius 1 is 1.17 bits per heavy atom. The van der Waals surface area contributed by atoms with Gasteiger partial charge in [-0.15, -0.1) is 0 Å². The fourth-order valence-corrected chi connectivity index (χ4v) is 2.88. The minimum atomic E-state index is -0.428. The highest BCUT2D eigenvalue weighted by Gasteiger charge is 2.22. The lowest BCUT2D eigenvalue weighted by Gasteiger charge is -2.18. The van der Waals surface area contributed by atoms with Crippen LogP contribution in [0.5, 0.6) is 5.75 Å². The van der Waals surface area contributed by atoms with E-state index in [0.717, 1.165) is 42.2 Å². The second kappa shape index (κ2) is 5.84. The molecule has 23 heavy (non-hydrogen) atoms. The molecule has 0 fully saturated rings. The molecule has 1 aliphatic carbocycles. The Kier molecular flexibility index (Phi) is 4.00. The number of fused-ring (bicyclic) bond motifs is 3. The van der Waals surface area contributed by atoms with Gasteiger partial charge in [0.15, 0.2) is 5.78 Å². The topological polar surface area (TPSA) is 56.5 Å². The molecular formula is C19H22O4. The number of benzene rings is 1. The van der Waals surface area contributed by atoms with E-state index in [1.54, 1.807) is 6.07 Å². The summed E-state index contributed by atoms with van der Waals surface area (Å²) >= 11 is 0. The number of Topliss-reactive ketones (excluding diaryl/α,β-unsaturated/α-hetero) is 1. The van der Waals surface area contributed by atoms with Crippen molar-refractivity contribution in [2.75, 3.05) is 6.61 Å². The second-order valence-corrected chi connectivity index (χ2v) is 7.17. The fourth-order valence-electron chi connectivity index (χ4n) is 2.88. The van der Waals surface area contributed by atoms with E-state index in [2.05, 4.69) is 0 Å². The molecule has 0 amide bonds. The zero-order valence-corrected chi connectivity index (χ0v) is 13.9. The molecule has 4 heteroatoms. The van der Waals surface area contributed by atoms with Gasteiger partial charge in [-0.3, -0.25) is 4.79 Å². The number of hydrogen-bond acceptors (Lipinski definition) is 4. The van der Waals surface area contributed by atoms with Gasteiger partial charge in [0.1, 0.15) is 17.9 Å². The molecule has 0 unspecified atom stereocenters. The van der Waals surface area contributed by atoms with Crippen LogP contribution in [0.15, 0.2) is 27.4 Å². The van der Waals surface area contributed by atoms with E-state index in [-0.39, 0.29) is 18.0 Å². The zero-order valence-electron chi connectivity index (χ0n) is 13.9. The van der Waals surface area contributed by atoms with Crippen LogP contribution in [0.4, 0.5) is 0 Å². The van der Waals surface area contributed by atoms with Crippen LogP contribution in [-0.2, 0) is 17.6 Å². The molecule has 0 atom stereocenters. The number of carbonyl (C=O) groups excluding carboxylic acids is 1. The van der Waals surface area contributed by atoms with Gasteiger partial charge in [0, 0.05) is 22.4 Å². The van der Waals surface area contributed by atoms with Crippen LogP contribution in [0.1, 0.15) is 44.7 Å². The van der Waals surface area contributed by atoms with Crippen molar-refractivity contribution < 1.29 is 13.9 Å². The first-order chi connectivity index (χ1) is 10.9. The Bertz CT molecular complexity index is 808. The van der Waals surface area contributed by atoms with Crippen LogP contribution in [0, 0.1) is 5.41 Å². The maximum absolute atomic E-state index is 12.1. The number of carbonyl (C=O) groups is 1. The highest BCUT2D eigenvalue weighted by Crippen LogP contribution is 2.29. The third-order valence-corrected chi connectivity index (χ3v) is 4.40. The molecule has 0 spiro atoms. The summed E-state index contributed by atoms with van der Waals surface area (Å²) in [4.78, 5) is 24.1. The van der Waals surface area contributed by atoms with Gasteiger partial charge in [-0.05, 0) is 43.4 Å². The first-order valence-corrected chi connectivity index (χ1v) is 8.11. The molecular weight excluding hydrogens is 292 g/mol. The smallest absolute Gasteiger partial charge is 0.339 e. The summed E-state index contributed by atoms with van der Waals surface area (Å²) in [6.07, 6.45) is 3.86. The minimum absolute atomic E-state index is 0.0180. The quantitative estimate of drug-likeness (QED) is 0.811. The molecule has 4 nitrogen and oxygen atoms in total. The van der Waals surface area contributed by atoms with Gasteiger partial charge in [-0.1, -0.05) is 20.8 Å². The van der Waals surface area contributed by atoms with Gasteiger partial charge in [-0.25, -0.2) is 4.79 Å². The molecule has 1 heterocycles. The van der Waals surface area contributed by atoms with Gasteiger partial charge in [0.05, 0.1) is 0 Å². The predicted molar refractivity (Wildman–Crippen MR) is 89.1 cm³/mol. The van der Waals surface area contributed by atoms with Gasteiger partial charge < -0.3 is 9.15 Å². The average molecular weight is 314 g/mol. The molecule has 0 bridgehead atoms. The number of hydrogen-bond donors (Lipinski definition) is 0. The summed E-state index contributed by atoms with van der Waals surface area (Å²) in [5, 5.41) is 0.980. The summed E-state index contributed by atoms with van der Waals surface area (Å²) in [5.74, 6) is 0.582. The van der Waals surface area contributed by atoms with Crippen molar-refractivity contribution in [2.24, 2.45) is 5.41 Å². The summed E-state index contributed by atoms with van der Waals surface area (Å²) in [5.41, 5.74) is 1.80. The van der Waals surface area contributed by atoms with Crippen molar-refractivity contribution in [1.29, 1.82) is 0 Å². The molecule has 122 valence electrons. The maximum Gasteiger partial charge on any atom is 0.339 e. The molecule has 0 saturated carbocycles. The van der Waals surface area contributed by atoms with Crippen LogP contribution in [0.25, 0.3) is 11.0 Å². The van der Waals surface area contributed by atoms with Gasteiger partial charge >= 0.3 is 5.63 Å². The summed E-state index contributed by atoms with van der Waals surface area (Å²) in [6, 6.07) is 5.48. The van der Waals surface area contributed by atoms with Gasteiger partial charge in [0.2, 0.25) is 0 Å². The largest absolute Gasteiger partial charge is 0.486 e. The van der Waals surface area contributed by atoms with Crippen LogP contribution < -0.4 is 10.4 Å². The second-order valence-electron chi connectivity index (χ2n) is 7.17. The molecule has 1 aromatic carbocycles. The lowest BCUT2D eigenvalue weighted by molar-refractivity contribution is -0.128. The minimum Gasteiger partial charge on any atom is -0.486 e. The SMILES string of the molecule is CC(C)(C)C(=O)COc1ccc2c3c(c(=O)oc2c1)CCCC3. The predicted octanol–water partition coefficient (Wildman–Crippen LogP) is 3.67. The Balaban J connectivity index is 1.91. The van der Waals surface area contributed by atoms with E-state index in [1.165, 1.54) is 0 Å². The van der Waals surface area contributed by atoms with Gasteiger partial charge in [0.25, 0.3) is 0 Å². The number of ketones is 1. The molecule has 1 aromatic heterocycles. The Morgan fingerprint density at radius 2 is 1.87 bits per heavy atom. The summed E-state index contributed by atoms with van der Waals surface area (Å²) in [7, 11) is 0. The standard InChI is InChI=1S/C19H22O4/c1-19(2,3)17(20)11-22-12-8-9-14-13-6-4-5-7-15(13)18(21)23-16(14)10-12/h8-10H,4-7,11H2,1-3H3. The van der Waals surface area contributed by atoms with Crippen LogP contribution in [-0.4, -0.2) is 12.4 Å². The highest BCUT2D eigenvalue weighted by atomic mass is 16.5. The van der Waals surface area contributed by atoms with E-state index < -0.39 is 5.41 Å². The lowest BCUT2D eigenvalue weighted by atomic mass is 9.90. The van der Waals surface area contributed by atoms with E-state index in [9.17, 15) is 9.59 Å². The van der Waals surface area contributed by atoms with Crippen LogP contribution >= 0.6 is 0 Å². The fraction of sp³-hybridized carbons (Fsp3) is 0.474. The Labute approximate surface area is 135 Å². The van der Waals surface area contributed by atoms with Crippen molar-refractivity contribution in [2.45, 2.75) is 46.5 Å². The molecule has 2 aromatic rings.